The average molecular weight is 452 g/mol. The number of amides is 1. The van der Waals surface area contributed by atoms with Crippen molar-refractivity contribution in [2.45, 2.75) is 38.0 Å². The van der Waals surface area contributed by atoms with Crippen molar-refractivity contribution in [2.24, 2.45) is 0 Å². The smallest absolute Gasteiger partial charge is 0.387 e. The number of aromatic amines is 1. The molecule has 158 valence electrons. The van der Waals surface area contributed by atoms with E-state index in [1.165, 1.54) is 40.9 Å². The molecule has 0 saturated heterocycles. The number of anilines is 1. The molecule has 0 atom stereocenters. The van der Waals surface area contributed by atoms with Crippen molar-refractivity contribution in [3.8, 4) is 5.75 Å². The van der Waals surface area contributed by atoms with Gasteiger partial charge in [0.15, 0.2) is 0 Å². The first-order valence-corrected chi connectivity index (χ1v) is 11.4. The van der Waals surface area contributed by atoms with E-state index in [0.29, 0.717) is 23.0 Å². The minimum atomic E-state index is -2.88. The summed E-state index contributed by atoms with van der Waals surface area (Å²) in [5, 5.41) is 3.45. The van der Waals surface area contributed by atoms with Crippen LogP contribution in [0.4, 0.5) is 14.5 Å². The van der Waals surface area contributed by atoms with Crippen molar-refractivity contribution in [1.29, 1.82) is 0 Å². The van der Waals surface area contributed by atoms with Gasteiger partial charge in [-0.1, -0.05) is 0 Å². The van der Waals surface area contributed by atoms with E-state index in [0.717, 1.165) is 35.0 Å². The molecule has 2 N–H and O–H groups in total. The highest BCUT2D eigenvalue weighted by Gasteiger charge is 2.21. The Morgan fingerprint density at radius 3 is 2.87 bits per heavy atom. The average Bonchev–Trinajstić information content (AvgIpc) is 3.27. The lowest BCUT2D eigenvalue weighted by Gasteiger charge is -2.07. The van der Waals surface area contributed by atoms with Gasteiger partial charge >= 0.3 is 6.61 Å². The number of alkyl halides is 2. The number of carbonyl (C=O) groups excluding carboxylic acids is 1. The van der Waals surface area contributed by atoms with Crippen molar-refractivity contribution in [1.82, 2.24) is 9.97 Å². The van der Waals surface area contributed by atoms with Crippen LogP contribution in [0, 0.1) is 0 Å². The molecular weight excluding hydrogens is 432 g/mol. The van der Waals surface area contributed by atoms with Gasteiger partial charge in [-0.15, -0.1) is 11.3 Å². The fourth-order valence-electron chi connectivity index (χ4n) is 3.39. The van der Waals surface area contributed by atoms with Crippen molar-refractivity contribution in [3.05, 3.63) is 50.9 Å². The number of halogens is 2. The third-order valence-corrected chi connectivity index (χ3v) is 6.86. The number of thiophene rings is 1. The van der Waals surface area contributed by atoms with Crippen LogP contribution < -0.4 is 15.6 Å². The minimum absolute atomic E-state index is 0.0352. The van der Waals surface area contributed by atoms with E-state index in [1.54, 1.807) is 11.3 Å². The number of H-pyrrole nitrogens is 1. The van der Waals surface area contributed by atoms with Gasteiger partial charge in [-0.05, 0) is 49.1 Å². The zero-order valence-electron chi connectivity index (χ0n) is 15.9. The van der Waals surface area contributed by atoms with Crippen molar-refractivity contribution in [3.63, 3.8) is 0 Å². The van der Waals surface area contributed by atoms with Crippen molar-refractivity contribution >= 4 is 44.9 Å². The summed E-state index contributed by atoms with van der Waals surface area (Å²) in [6, 6.07) is 5.75. The molecule has 1 amide bonds. The maximum atomic E-state index is 12.4. The molecule has 1 aromatic carbocycles. The maximum Gasteiger partial charge on any atom is 0.387 e. The van der Waals surface area contributed by atoms with Gasteiger partial charge in [0.1, 0.15) is 16.4 Å². The molecule has 6 nitrogen and oxygen atoms in total. The van der Waals surface area contributed by atoms with Crippen LogP contribution in [-0.4, -0.2) is 28.2 Å². The van der Waals surface area contributed by atoms with Crippen LogP contribution in [-0.2, 0) is 23.4 Å². The van der Waals surface area contributed by atoms with Crippen molar-refractivity contribution < 1.29 is 18.3 Å². The largest absolute Gasteiger partial charge is 0.435 e. The van der Waals surface area contributed by atoms with Gasteiger partial charge in [-0.25, -0.2) is 4.98 Å². The fraction of sp³-hybridized carbons (Fsp3) is 0.350. The molecule has 30 heavy (non-hydrogen) atoms. The Morgan fingerprint density at radius 2 is 2.10 bits per heavy atom. The summed E-state index contributed by atoms with van der Waals surface area (Å²) >= 11 is 3.12. The Kier molecular flexibility index (Phi) is 6.33. The summed E-state index contributed by atoms with van der Waals surface area (Å²) in [5.41, 5.74) is 1.59. The Morgan fingerprint density at radius 1 is 1.30 bits per heavy atom. The number of fused-ring (bicyclic) bond motifs is 3. The van der Waals surface area contributed by atoms with Crippen LogP contribution in [0.3, 0.4) is 0 Å². The zero-order valence-corrected chi connectivity index (χ0v) is 17.5. The maximum absolute atomic E-state index is 12.4. The van der Waals surface area contributed by atoms with Crippen molar-refractivity contribution in [2.75, 3.05) is 11.1 Å². The molecule has 0 saturated carbocycles. The van der Waals surface area contributed by atoms with Crippen LogP contribution in [0.15, 0.2) is 29.1 Å². The first-order valence-electron chi connectivity index (χ1n) is 9.45. The van der Waals surface area contributed by atoms with Gasteiger partial charge < -0.3 is 15.0 Å². The van der Waals surface area contributed by atoms with Gasteiger partial charge in [0.2, 0.25) is 5.91 Å². The van der Waals surface area contributed by atoms with E-state index in [-0.39, 0.29) is 23.6 Å². The summed E-state index contributed by atoms with van der Waals surface area (Å²) < 4.78 is 28.6. The number of aryl methyl sites for hydroxylation is 2. The van der Waals surface area contributed by atoms with Gasteiger partial charge in [0.05, 0.1) is 11.1 Å². The second kappa shape index (κ2) is 9.13. The van der Waals surface area contributed by atoms with E-state index in [4.69, 9.17) is 0 Å². The molecule has 1 aliphatic rings. The normalized spacial score (nSPS) is 13.0. The predicted octanol–water partition coefficient (Wildman–Crippen LogP) is 4.34. The number of aromatic nitrogens is 2. The SMILES string of the molecule is O=C(CCSCc1nc2sc3c(c2c(=O)[nH]1)CCC3)Nc1ccc(OC(F)F)cc1. The fourth-order valence-corrected chi connectivity index (χ4v) is 5.48. The topological polar surface area (TPSA) is 84.1 Å². The van der Waals surface area contributed by atoms with E-state index in [1.807, 2.05) is 0 Å². The monoisotopic (exact) mass is 451 g/mol. The molecule has 4 rings (SSSR count). The zero-order chi connectivity index (χ0) is 21.1. The summed E-state index contributed by atoms with van der Waals surface area (Å²) in [5.74, 6) is 1.54. The number of hydrogen-bond acceptors (Lipinski definition) is 6. The predicted molar refractivity (Wildman–Crippen MR) is 115 cm³/mol. The Labute approximate surface area is 179 Å². The number of thioether (sulfide) groups is 1. The number of rotatable bonds is 8. The van der Waals surface area contributed by atoms with Crippen LogP contribution in [0.2, 0.25) is 0 Å². The molecule has 0 fully saturated rings. The van der Waals surface area contributed by atoms with Gasteiger partial charge in [0, 0.05) is 22.7 Å². The number of hydrogen-bond donors (Lipinski definition) is 2. The van der Waals surface area contributed by atoms with Crippen LogP contribution in [0.25, 0.3) is 10.2 Å². The second-order valence-corrected chi connectivity index (χ2v) is 8.99. The summed E-state index contributed by atoms with van der Waals surface area (Å²) in [6.07, 6.45) is 3.35. The lowest BCUT2D eigenvalue weighted by atomic mass is 10.2. The highest BCUT2D eigenvalue weighted by atomic mass is 32.2. The van der Waals surface area contributed by atoms with Gasteiger partial charge in [0.25, 0.3) is 5.56 Å². The lowest BCUT2D eigenvalue weighted by molar-refractivity contribution is -0.115. The molecule has 0 bridgehead atoms. The summed E-state index contributed by atoms with van der Waals surface area (Å²) in [6.45, 7) is -2.88. The number of carbonyl (C=O) groups is 1. The van der Waals surface area contributed by atoms with Gasteiger partial charge in [-0.3, -0.25) is 9.59 Å². The molecule has 2 aromatic heterocycles. The Hall–Kier alpha value is -2.46. The van der Waals surface area contributed by atoms with Crippen LogP contribution in [0.5, 0.6) is 5.75 Å². The third kappa shape index (κ3) is 4.81. The quantitative estimate of drug-likeness (QED) is 0.498. The standard InChI is InChI=1S/C20H19F2N3O3S2/c21-20(22)28-12-6-4-11(5-7-12)23-16(26)8-9-29-10-15-24-18(27)17-13-2-1-3-14(13)30-19(17)25-15/h4-7,20H,1-3,8-10H2,(H,23,26)(H,24,25,27). The van der Waals surface area contributed by atoms with E-state index in [2.05, 4.69) is 20.0 Å². The molecule has 0 aliphatic heterocycles. The Balaban J connectivity index is 1.26. The molecule has 3 aromatic rings. The first-order chi connectivity index (χ1) is 14.5. The molecule has 0 unspecified atom stereocenters. The third-order valence-electron chi connectivity index (χ3n) is 4.70. The molecule has 0 spiro atoms. The van der Waals surface area contributed by atoms with E-state index < -0.39 is 6.61 Å². The van der Waals surface area contributed by atoms with E-state index >= 15 is 0 Å². The van der Waals surface area contributed by atoms with Crippen LogP contribution in [0.1, 0.15) is 29.1 Å². The number of nitrogens with zero attached hydrogens (tertiary/aromatic N) is 1. The minimum Gasteiger partial charge on any atom is -0.435 e. The first kappa shape index (κ1) is 20.8. The van der Waals surface area contributed by atoms with Crippen LogP contribution >= 0.6 is 23.1 Å². The summed E-state index contributed by atoms with van der Waals surface area (Å²) in [7, 11) is 0. The number of ether oxygens (including phenoxy) is 1. The lowest BCUT2D eigenvalue weighted by Crippen LogP contribution is -2.13. The Bertz CT molecular complexity index is 1110. The molecule has 1 aliphatic carbocycles. The van der Waals surface area contributed by atoms with Gasteiger partial charge in [-0.2, -0.15) is 20.5 Å². The molecule has 2 heterocycles. The molecule has 10 heteroatoms. The molecule has 0 radical (unpaired) electrons. The summed E-state index contributed by atoms with van der Waals surface area (Å²) in [4.78, 5) is 34.0. The number of benzene rings is 1. The molecular formula is C20H19F2N3O3S2. The highest BCUT2D eigenvalue weighted by molar-refractivity contribution is 7.98. The van der Waals surface area contributed by atoms with E-state index in [9.17, 15) is 18.4 Å². The second-order valence-electron chi connectivity index (χ2n) is 6.80. The highest BCUT2D eigenvalue weighted by Crippen LogP contribution is 2.34. The number of nitrogens with one attached hydrogen (secondary N) is 2.